The number of hydrogen-bond donors (Lipinski definition) is 0. The van der Waals surface area contributed by atoms with Crippen LogP contribution in [0.5, 0.6) is 0 Å². The molecule has 21 heavy (non-hydrogen) atoms. The van der Waals surface area contributed by atoms with E-state index in [4.69, 9.17) is 0 Å². The molecule has 0 saturated carbocycles. The van der Waals surface area contributed by atoms with Crippen molar-refractivity contribution >= 4 is 5.78 Å². The quantitative estimate of drug-likeness (QED) is 0.650. The maximum Gasteiger partial charge on any atom is 0.179 e. The molecule has 2 nitrogen and oxygen atoms in total. The molecule has 0 spiro atoms. The molecule has 0 aliphatic heterocycles. The average Bonchev–Trinajstić information content (AvgIpc) is 2.50. The molecule has 1 unspecified atom stereocenters. The second-order valence-corrected chi connectivity index (χ2v) is 6.11. The fourth-order valence-electron chi connectivity index (χ4n) is 2.74. The van der Waals surface area contributed by atoms with Crippen molar-refractivity contribution in [1.82, 2.24) is 4.90 Å². The van der Waals surface area contributed by atoms with Gasteiger partial charge in [-0.3, -0.25) is 9.69 Å². The van der Waals surface area contributed by atoms with E-state index in [-0.39, 0.29) is 11.8 Å². The van der Waals surface area contributed by atoms with E-state index in [0.29, 0.717) is 5.92 Å². The summed E-state index contributed by atoms with van der Waals surface area (Å²) in [6, 6.07) is 6.00. The number of rotatable bonds is 8. The van der Waals surface area contributed by atoms with Crippen LogP contribution in [0.2, 0.25) is 0 Å². The predicted octanol–water partition coefficient (Wildman–Crippen LogP) is 4.63. The fourth-order valence-corrected chi connectivity index (χ4v) is 2.74. The van der Waals surface area contributed by atoms with Crippen LogP contribution in [0, 0.1) is 19.8 Å². The first-order valence-corrected chi connectivity index (χ1v) is 8.29. The van der Waals surface area contributed by atoms with Gasteiger partial charge in [0.1, 0.15) is 0 Å². The lowest BCUT2D eigenvalue weighted by molar-refractivity contribution is 0.0819. The van der Waals surface area contributed by atoms with Crippen LogP contribution in [-0.4, -0.2) is 29.8 Å². The van der Waals surface area contributed by atoms with Gasteiger partial charge in [0.05, 0.1) is 6.04 Å². The molecule has 0 fully saturated rings. The predicted molar refractivity (Wildman–Crippen MR) is 91.0 cm³/mol. The lowest BCUT2D eigenvalue weighted by Crippen LogP contribution is -2.41. The van der Waals surface area contributed by atoms with Crippen LogP contribution in [0.25, 0.3) is 0 Å². The Bertz CT molecular complexity index is 463. The fraction of sp³-hybridized carbons (Fsp3) is 0.632. The Balaban J connectivity index is 2.85. The van der Waals surface area contributed by atoms with Gasteiger partial charge in [-0.25, -0.2) is 0 Å². The van der Waals surface area contributed by atoms with Crippen LogP contribution in [0.4, 0.5) is 0 Å². The van der Waals surface area contributed by atoms with Gasteiger partial charge >= 0.3 is 0 Å². The molecule has 118 valence electrons. The summed E-state index contributed by atoms with van der Waals surface area (Å²) in [5, 5.41) is 0. The molecule has 1 atom stereocenters. The van der Waals surface area contributed by atoms with Crippen molar-refractivity contribution in [3.63, 3.8) is 0 Å². The van der Waals surface area contributed by atoms with Crippen molar-refractivity contribution in [3.8, 4) is 0 Å². The molecule has 1 rings (SSSR count). The molecule has 1 aromatic rings. The van der Waals surface area contributed by atoms with Crippen molar-refractivity contribution in [3.05, 3.63) is 34.9 Å². The minimum absolute atomic E-state index is 0.0438. The third-order valence-corrected chi connectivity index (χ3v) is 4.77. The number of Topliss-reactive ketones (excluding diaryl/α,β-unsaturated/α-hetero) is 1. The molecular weight excluding hydrogens is 258 g/mol. The number of carbonyl (C=O) groups is 1. The standard InChI is InChI=1S/C19H31NO/c1-7-17(8-2)13-20(9-3)16(6)19(21)18-11-10-14(4)15(5)12-18/h10-12,16-17H,7-9,13H2,1-6H3. The first kappa shape index (κ1) is 17.9. The van der Waals surface area contributed by atoms with Crippen LogP contribution in [-0.2, 0) is 0 Å². The van der Waals surface area contributed by atoms with E-state index < -0.39 is 0 Å². The Kier molecular flexibility index (Phi) is 7.10. The molecule has 0 radical (unpaired) electrons. The Labute approximate surface area is 130 Å². The maximum absolute atomic E-state index is 12.7. The molecular formula is C19H31NO. The number of benzene rings is 1. The summed E-state index contributed by atoms with van der Waals surface area (Å²) < 4.78 is 0. The van der Waals surface area contributed by atoms with Gasteiger partial charge in [-0.15, -0.1) is 0 Å². The van der Waals surface area contributed by atoms with Crippen LogP contribution in [0.3, 0.4) is 0 Å². The molecule has 0 N–H and O–H groups in total. The van der Waals surface area contributed by atoms with Gasteiger partial charge in [0, 0.05) is 12.1 Å². The summed E-state index contributed by atoms with van der Waals surface area (Å²) in [6.45, 7) is 14.7. The summed E-state index contributed by atoms with van der Waals surface area (Å²) in [4.78, 5) is 15.0. The highest BCUT2D eigenvalue weighted by Crippen LogP contribution is 2.17. The van der Waals surface area contributed by atoms with E-state index in [1.54, 1.807) is 0 Å². The molecule has 2 heteroatoms. The maximum atomic E-state index is 12.7. The summed E-state index contributed by atoms with van der Waals surface area (Å²) in [5.74, 6) is 0.922. The van der Waals surface area contributed by atoms with Crippen molar-refractivity contribution in [2.75, 3.05) is 13.1 Å². The average molecular weight is 289 g/mol. The number of carbonyl (C=O) groups excluding carboxylic acids is 1. The van der Waals surface area contributed by atoms with Gasteiger partial charge in [0.15, 0.2) is 5.78 Å². The lowest BCUT2D eigenvalue weighted by Gasteiger charge is -2.30. The van der Waals surface area contributed by atoms with Crippen molar-refractivity contribution < 1.29 is 4.79 Å². The highest BCUT2D eigenvalue weighted by molar-refractivity contribution is 6.00. The Hall–Kier alpha value is -1.15. The number of hydrogen-bond acceptors (Lipinski definition) is 2. The van der Waals surface area contributed by atoms with Gasteiger partial charge in [0.25, 0.3) is 0 Å². The largest absolute Gasteiger partial charge is 0.294 e. The Morgan fingerprint density at radius 3 is 2.19 bits per heavy atom. The molecule has 0 saturated heterocycles. The van der Waals surface area contributed by atoms with E-state index >= 15 is 0 Å². The van der Waals surface area contributed by atoms with Crippen LogP contribution >= 0.6 is 0 Å². The number of ketones is 1. The Morgan fingerprint density at radius 1 is 1.10 bits per heavy atom. The molecule has 0 heterocycles. The van der Waals surface area contributed by atoms with Gasteiger partial charge in [0.2, 0.25) is 0 Å². The molecule has 1 aromatic carbocycles. The molecule has 0 amide bonds. The van der Waals surface area contributed by atoms with E-state index in [0.717, 1.165) is 18.7 Å². The summed E-state index contributed by atoms with van der Waals surface area (Å²) in [6.07, 6.45) is 2.36. The second-order valence-electron chi connectivity index (χ2n) is 6.11. The van der Waals surface area contributed by atoms with Crippen LogP contribution in [0.1, 0.15) is 62.0 Å². The summed E-state index contributed by atoms with van der Waals surface area (Å²) in [7, 11) is 0. The van der Waals surface area contributed by atoms with E-state index in [1.807, 2.05) is 25.1 Å². The van der Waals surface area contributed by atoms with Gasteiger partial charge in [-0.1, -0.05) is 45.7 Å². The van der Waals surface area contributed by atoms with E-state index in [9.17, 15) is 4.79 Å². The van der Waals surface area contributed by atoms with Gasteiger partial charge in [-0.2, -0.15) is 0 Å². The third-order valence-electron chi connectivity index (χ3n) is 4.77. The van der Waals surface area contributed by atoms with E-state index in [2.05, 4.69) is 39.5 Å². The SMILES string of the molecule is CCC(CC)CN(CC)C(C)C(=O)c1ccc(C)c(C)c1. The summed E-state index contributed by atoms with van der Waals surface area (Å²) >= 11 is 0. The zero-order valence-electron chi connectivity index (χ0n) is 14.6. The normalized spacial score (nSPS) is 13.0. The highest BCUT2D eigenvalue weighted by atomic mass is 16.1. The Morgan fingerprint density at radius 2 is 1.71 bits per heavy atom. The first-order chi connectivity index (χ1) is 9.94. The number of nitrogens with zero attached hydrogens (tertiary/aromatic N) is 1. The van der Waals surface area contributed by atoms with Crippen molar-refractivity contribution in [2.24, 2.45) is 5.92 Å². The topological polar surface area (TPSA) is 20.3 Å². The highest BCUT2D eigenvalue weighted by Gasteiger charge is 2.23. The molecule has 0 aliphatic rings. The summed E-state index contributed by atoms with van der Waals surface area (Å²) in [5.41, 5.74) is 3.27. The van der Waals surface area contributed by atoms with Crippen LogP contribution in [0.15, 0.2) is 18.2 Å². The van der Waals surface area contributed by atoms with Crippen molar-refractivity contribution in [2.45, 2.75) is 60.4 Å². The zero-order chi connectivity index (χ0) is 16.0. The van der Waals surface area contributed by atoms with Crippen LogP contribution < -0.4 is 0 Å². The first-order valence-electron chi connectivity index (χ1n) is 8.29. The van der Waals surface area contributed by atoms with Gasteiger partial charge in [-0.05, 0) is 50.4 Å². The minimum atomic E-state index is -0.0438. The monoisotopic (exact) mass is 289 g/mol. The number of aryl methyl sites for hydroxylation is 2. The zero-order valence-corrected chi connectivity index (χ0v) is 14.6. The molecule has 0 bridgehead atoms. The van der Waals surface area contributed by atoms with E-state index in [1.165, 1.54) is 24.0 Å². The lowest BCUT2D eigenvalue weighted by atomic mass is 9.97. The smallest absolute Gasteiger partial charge is 0.179 e. The van der Waals surface area contributed by atoms with Gasteiger partial charge < -0.3 is 0 Å². The third kappa shape index (κ3) is 4.67. The molecule has 0 aliphatic carbocycles. The number of likely N-dealkylation sites (N-methyl/N-ethyl adjacent to an activating group) is 1. The van der Waals surface area contributed by atoms with Crippen molar-refractivity contribution in [1.29, 1.82) is 0 Å². The molecule has 0 aromatic heterocycles. The second kappa shape index (κ2) is 8.33. The minimum Gasteiger partial charge on any atom is -0.294 e.